The molecule has 172 valence electrons. The monoisotopic (exact) mass is 447 g/mol. The molecule has 4 heterocycles. The molecule has 1 aliphatic rings. The Hall–Kier alpha value is -3.46. The molecule has 0 amide bonds. The summed E-state index contributed by atoms with van der Waals surface area (Å²) in [5.74, 6) is 2.64. The molecule has 4 aromatic rings. The molecule has 33 heavy (non-hydrogen) atoms. The van der Waals surface area contributed by atoms with Gasteiger partial charge in [0.2, 0.25) is 5.95 Å². The number of ether oxygens (including phenoxy) is 1. The smallest absolute Gasteiger partial charge is 0.222 e. The molecule has 1 aromatic carbocycles. The minimum Gasteiger partial charge on any atom is -0.493 e. The Bertz CT molecular complexity index is 1240. The predicted molar refractivity (Wildman–Crippen MR) is 126 cm³/mol. The SMILES string of the molecule is CC(C)(C)N1CCC(COc2ccc3c(c2)nnn3-c2cc(-c3ccco3)nc(N)n2)CC1. The highest BCUT2D eigenvalue weighted by atomic mass is 16.5. The lowest BCUT2D eigenvalue weighted by Crippen LogP contribution is -2.46. The Labute approximate surface area is 192 Å². The van der Waals surface area contributed by atoms with Crippen LogP contribution in [-0.4, -0.2) is 55.1 Å². The number of nitrogens with zero attached hydrogens (tertiary/aromatic N) is 6. The Kier molecular flexibility index (Phi) is 5.49. The fraction of sp³-hybridized carbons (Fsp3) is 0.417. The molecular weight excluding hydrogens is 418 g/mol. The van der Waals surface area contributed by atoms with E-state index in [1.165, 1.54) is 0 Å². The second-order valence-corrected chi connectivity index (χ2v) is 9.51. The average molecular weight is 448 g/mol. The van der Waals surface area contributed by atoms with Crippen molar-refractivity contribution in [1.82, 2.24) is 29.9 Å². The standard InChI is InChI=1S/C24H29N7O2/c1-24(2,3)30-10-8-16(9-11-30)15-33-17-6-7-20-18(13-17)28-29-31(20)22-14-19(26-23(25)27-22)21-5-4-12-32-21/h4-7,12-14,16H,8-11,15H2,1-3H3,(H2,25,26,27). The minimum absolute atomic E-state index is 0.139. The Morgan fingerprint density at radius 1 is 1.12 bits per heavy atom. The number of anilines is 1. The third-order valence-corrected chi connectivity index (χ3v) is 6.19. The lowest BCUT2D eigenvalue weighted by Gasteiger charge is -2.40. The van der Waals surface area contributed by atoms with Crippen LogP contribution in [0, 0.1) is 5.92 Å². The van der Waals surface area contributed by atoms with E-state index in [0.717, 1.165) is 42.7 Å². The van der Waals surface area contributed by atoms with Crippen LogP contribution >= 0.6 is 0 Å². The van der Waals surface area contributed by atoms with Gasteiger partial charge in [-0.3, -0.25) is 4.90 Å². The zero-order chi connectivity index (χ0) is 23.0. The summed E-state index contributed by atoms with van der Waals surface area (Å²) in [5.41, 5.74) is 8.29. The maximum absolute atomic E-state index is 6.12. The molecule has 0 spiro atoms. The van der Waals surface area contributed by atoms with Crippen molar-refractivity contribution >= 4 is 17.0 Å². The fourth-order valence-corrected chi connectivity index (χ4v) is 4.26. The molecule has 0 radical (unpaired) electrons. The van der Waals surface area contributed by atoms with Gasteiger partial charge in [-0.15, -0.1) is 5.10 Å². The van der Waals surface area contributed by atoms with E-state index in [1.807, 2.05) is 24.3 Å². The molecular formula is C24H29N7O2. The summed E-state index contributed by atoms with van der Waals surface area (Å²) in [7, 11) is 0. The van der Waals surface area contributed by atoms with Crippen molar-refractivity contribution in [2.75, 3.05) is 25.4 Å². The third kappa shape index (κ3) is 4.54. The molecule has 1 saturated heterocycles. The van der Waals surface area contributed by atoms with E-state index < -0.39 is 0 Å². The quantitative estimate of drug-likeness (QED) is 0.490. The van der Waals surface area contributed by atoms with Gasteiger partial charge in [-0.2, -0.15) is 9.67 Å². The maximum atomic E-state index is 6.12. The molecule has 3 aromatic heterocycles. The fourth-order valence-electron chi connectivity index (χ4n) is 4.26. The van der Waals surface area contributed by atoms with Crippen LogP contribution in [0.15, 0.2) is 47.1 Å². The van der Waals surface area contributed by atoms with Crippen molar-refractivity contribution in [3.8, 4) is 23.0 Å². The first-order valence-corrected chi connectivity index (χ1v) is 11.3. The number of rotatable bonds is 5. The van der Waals surface area contributed by atoms with E-state index in [1.54, 1.807) is 23.1 Å². The number of benzene rings is 1. The zero-order valence-corrected chi connectivity index (χ0v) is 19.2. The largest absolute Gasteiger partial charge is 0.493 e. The van der Waals surface area contributed by atoms with Crippen molar-refractivity contribution in [1.29, 1.82) is 0 Å². The van der Waals surface area contributed by atoms with Gasteiger partial charge >= 0.3 is 0 Å². The number of hydrogen-bond donors (Lipinski definition) is 1. The molecule has 5 rings (SSSR count). The number of nitrogen functional groups attached to an aromatic ring is 1. The van der Waals surface area contributed by atoms with Crippen LogP contribution in [0.4, 0.5) is 5.95 Å². The van der Waals surface area contributed by atoms with Crippen LogP contribution in [0.25, 0.3) is 28.3 Å². The third-order valence-electron chi connectivity index (χ3n) is 6.19. The normalized spacial score (nSPS) is 15.8. The van der Waals surface area contributed by atoms with Crippen molar-refractivity contribution in [2.24, 2.45) is 5.92 Å². The molecule has 0 aliphatic carbocycles. The first kappa shape index (κ1) is 21.4. The molecule has 9 nitrogen and oxygen atoms in total. The minimum atomic E-state index is 0.139. The predicted octanol–water partition coefficient (Wildman–Crippen LogP) is 3.94. The number of nitrogens with two attached hydrogens (primary N) is 1. The number of piperidine rings is 1. The van der Waals surface area contributed by atoms with E-state index >= 15 is 0 Å². The molecule has 2 N–H and O–H groups in total. The van der Waals surface area contributed by atoms with Gasteiger partial charge in [0.05, 0.1) is 18.4 Å². The van der Waals surface area contributed by atoms with Crippen LogP contribution in [0.2, 0.25) is 0 Å². The van der Waals surface area contributed by atoms with Gasteiger partial charge in [0.15, 0.2) is 11.6 Å². The molecule has 0 saturated carbocycles. The van der Waals surface area contributed by atoms with Crippen LogP contribution in [0.3, 0.4) is 0 Å². The zero-order valence-electron chi connectivity index (χ0n) is 19.2. The second-order valence-electron chi connectivity index (χ2n) is 9.51. The van der Waals surface area contributed by atoms with Gasteiger partial charge in [-0.1, -0.05) is 5.21 Å². The van der Waals surface area contributed by atoms with Gasteiger partial charge in [0.25, 0.3) is 0 Å². The summed E-state index contributed by atoms with van der Waals surface area (Å²) in [6, 6.07) is 11.2. The molecule has 9 heteroatoms. The van der Waals surface area contributed by atoms with Crippen LogP contribution in [0.1, 0.15) is 33.6 Å². The van der Waals surface area contributed by atoms with Gasteiger partial charge in [-0.05, 0) is 76.9 Å². The molecule has 1 aliphatic heterocycles. The summed E-state index contributed by atoms with van der Waals surface area (Å²) in [4.78, 5) is 11.1. The van der Waals surface area contributed by atoms with Crippen molar-refractivity contribution in [3.05, 3.63) is 42.7 Å². The maximum Gasteiger partial charge on any atom is 0.222 e. The van der Waals surface area contributed by atoms with Crippen LogP contribution < -0.4 is 10.5 Å². The van der Waals surface area contributed by atoms with E-state index in [-0.39, 0.29) is 11.5 Å². The summed E-state index contributed by atoms with van der Waals surface area (Å²) >= 11 is 0. The highest BCUT2D eigenvalue weighted by Gasteiger charge is 2.27. The lowest BCUT2D eigenvalue weighted by molar-refractivity contribution is 0.0721. The number of aromatic nitrogens is 5. The van der Waals surface area contributed by atoms with E-state index in [2.05, 4.69) is 46.0 Å². The Morgan fingerprint density at radius 2 is 1.94 bits per heavy atom. The second kappa shape index (κ2) is 8.47. The van der Waals surface area contributed by atoms with Gasteiger partial charge in [0.1, 0.15) is 17.0 Å². The number of furan rings is 1. The summed E-state index contributed by atoms with van der Waals surface area (Å²) < 4.78 is 13.2. The highest BCUT2D eigenvalue weighted by Crippen LogP contribution is 2.27. The van der Waals surface area contributed by atoms with E-state index in [4.69, 9.17) is 14.9 Å². The topological polar surface area (TPSA) is 108 Å². The van der Waals surface area contributed by atoms with Crippen LogP contribution in [0.5, 0.6) is 5.75 Å². The van der Waals surface area contributed by atoms with Gasteiger partial charge in [0, 0.05) is 17.7 Å². The van der Waals surface area contributed by atoms with E-state index in [0.29, 0.717) is 29.8 Å². The molecule has 0 bridgehead atoms. The van der Waals surface area contributed by atoms with E-state index in [9.17, 15) is 0 Å². The summed E-state index contributed by atoms with van der Waals surface area (Å²) in [6.07, 6.45) is 3.90. The Balaban J connectivity index is 1.30. The van der Waals surface area contributed by atoms with Crippen molar-refractivity contribution in [2.45, 2.75) is 39.2 Å². The summed E-state index contributed by atoms with van der Waals surface area (Å²) in [5, 5.41) is 8.59. The van der Waals surface area contributed by atoms with Crippen LogP contribution in [-0.2, 0) is 0 Å². The molecule has 0 atom stereocenters. The Morgan fingerprint density at radius 3 is 2.67 bits per heavy atom. The van der Waals surface area contributed by atoms with Crippen molar-refractivity contribution < 1.29 is 9.15 Å². The molecule has 1 fully saturated rings. The van der Waals surface area contributed by atoms with Crippen molar-refractivity contribution in [3.63, 3.8) is 0 Å². The lowest BCUT2D eigenvalue weighted by atomic mass is 9.94. The first-order valence-electron chi connectivity index (χ1n) is 11.3. The number of likely N-dealkylation sites (tertiary alicyclic amines) is 1. The average Bonchev–Trinajstić information content (AvgIpc) is 3.47. The highest BCUT2D eigenvalue weighted by molar-refractivity contribution is 5.77. The summed E-state index contributed by atoms with van der Waals surface area (Å²) in [6.45, 7) is 9.78. The number of hydrogen-bond acceptors (Lipinski definition) is 8. The number of fused-ring (bicyclic) bond motifs is 1. The van der Waals surface area contributed by atoms with Gasteiger partial charge < -0.3 is 14.9 Å². The first-order chi connectivity index (χ1) is 15.9. The molecule has 0 unspecified atom stereocenters. The van der Waals surface area contributed by atoms with Gasteiger partial charge in [-0.25, -0.2) is 4.98 Å².